The van der Waals surface area contributed by atoms with Crippen molar-refractivity contribution in [2.24, 2.45) is 5.92 Å². The molecule has 2 nitrogen and oxygen atoms in total. The number of allylic oxidation sites excluding steroid dienone is 1. The van der Waals surface area contributed by atoms with Gasteiger partial charge in [-0.25, -0.2) is 4.39 Å². The van der Waals surface area contributed by atoms with Gasteiger partial charge in [0.2, 0.25) is 0 Å². The van der Waals surface area contributed by atoms with Crippen LogP contribution in [0.1, 0.15) is 25.7 Å². The van der Waals surface area contributed by atoms with E-state index in [4.69, 9.17) is 9.47 Å². The minimum absolute atomic E-state index is 0.0518. The molecule has 0 aromatic heterocycles. The van der Waals surface area contributed by atoms with Gasteiger partial charge in [-0.1, -0.05) is 6.08 Å². The van der Waals surface area contributed by atoms with Crippen molar-refractivity contribution >= 4 is 0 Å². The van der Waals surface area contributed by atoms with Gasteiger partial charge in [-0.3, -0.25) is 0 Å². The van der Waals surface area contributed by atoms with E-state index >= 15 is 0 Å². The van der Waals surface area contributed by atoms with Crippen LogP contribution < -0.4 is 0 Å². The van der Waals surface area contributed by atoms with Gasteiger partial charge in [0.1, 0.15) is 6.10 Å². The Balaban J connectivity index is 1.66. The lowest BCUT2D eigenvalue weighted by Crippen LogP contribution is -2.38. The second kappa shape index (κ2) is 3.31. The summed E-state index contributed by atoms with van der Waals surface area (Å²) in [5, 5.41) is 0. The molecule has 0 spiro atoms. The molecule has 0 bridgehead atoms. The maximum Gasteiger partial charge on any atom is 0.107 e. The monoisotopic (exact) mass is 198 g/mol. The van der Waals surface area contributed by atoms with Crippen LogP contribution in [-0.2, 0) is 9.47 Å². The molecule has 3 aliphatic rings. The van der Waals surface area contributed by atoms with E-state index in [1.165, 1.54) is 0 Å². The zero-order valence-electron chi connectivity index (χ0n) is 8.12. The molecule has 14 heavy (non-hydrogen) atoms. The lowest BCUT2D eigenvalue weighted by molar-refractivity contribution is -0.0944. The average molecular weight is 198 g/mol. The Hall–Kier alpha value is -0.410. The first-order chi connectivity index (χ1) is 6.83. The SMILES string of the molecule is FC1=CCC2O[C@@H](C3CO3)CCC2C1. The Bertz CT molecular complexity index is 260. The van der Waals surface area contributed by atoms with Gasteiger partial charge >= 0.3 is 0 Å². The number of ether oxygens (including phenoxy) is 2. The van der Waals surface area contributed by atoms with Crippen LogP contribution in [0.2, 0.25) is 0 Å². The molecule has 3 rings (SSSR count). The second-order valence-electron chi connectivity index (χ2n) is 4.51. The fraction of sp³-hybridized carbons (Fsp3) is 0.818. The lowest BCUT2D eigenvalue weighted by atomic mass is 9.83. The van der Waals surface area contributed by atoms with Crippen molar-refractivity contribution in [1.29, 1.82) is 0 Å². The molecule has 2 saturated heterocycles. The molecule has 0 aromatic rings. The summed E-state index contributed by atoms with van der Waals surface area (Å²) >= 11 is 0. The van der Waals surface area contributed by atoms with Crippen LogP contribution in [0.25, 0.3) is 0 Å². The van der Waals surface area contributed by atoms with E-state index in [2.05, 4.69) is 0 Å². The van der Waals surface area contributed by atoms with Crippen molar-refractivity contribution in [3.05, 3.63) is 11.9 Å². The lowest BCUT2D eigenvalue weighted by Gasteiger charge is -2.37. The molecule has 3 heteroatoms. The van der Waals surface area contributed by atoms with E-state index in [1.807, 2.05) is 0 Å². The summed E-state index contributed by atoms with van der Waals surface area (Å²) in [6.07, 6.45) is 6.02. The minimum Gasteiger partial charge on any atom is -0.372 e. The Morgan fingerprint density at radius 1 is 1.21 bits per heavy atom. The van der Waals surface area contributed by atoms with Crippen LogP contribution in [0.4, 0.5) is 4.39 Å². The highest BCUT2D eigenvalue weighted by Gasteiger charge is 2.41. The molecule has 2 aliphatic heterocycles. The van der Waals surface area contributed by atoms with Crippen LogP contribution in [0.3, 0.4) is 0 Å². The van der Waals surface area contributed by atoms with Gasteiger partial charge in [0, 0.05) is 6.42 Å². The van der Waals surface area contributed by atoms with Gasteiger partial charge < -0.3 is 9.47 Å². The highest BCUT2D eigenvalue weighted by Crippen LogP contribution is 2.38. The van der Waals surface area contributed by atoms with Crippen molar-refractivity contribution in [1.82, 2.24) is 0 Å². The predicted octanol–water partition coefficient (Wildman–Crippen LogP) is 2.20. The summed E-state index contributed by atoms with van der Waals surface area (Å²) < 4.78 is 24.2. The quantitative estimate of drug-likeness (QED) is 0.602. The third-order valence-electron chi connectivity index (χ3n) is 3.50. The standard InChI is InChI=1S/C11H15FO2/c12-8-2-4-9-7(5-8)1-3-10(14-9)11-6-13-11/h2,7,9-11H,1,3-6H2/t7?,9?,10-,11?/m1/s1. The van der Waals surface area contributed by atoms with Crippen LogP contribution in [0.15, 0.2) is 11.9 Å². The Kier molecular flexibility index (Phi) is 2.10. The van der Waals surface area contributed by atoms with Gasteiger partial charge in [-0.05, 0) is 25.2 Å². The highest BCUT2D eigenvalue weighted by atomic mass is 19.1. The van der Waals surface area contributed by atoms with Crippen molar-refractivity contribution in [3.8, 4) is 0 Å². The largest absolute Gasteiger partial charge is 0.372 e. The normalized spacial score (nSPS) is 46.8. The minimum atomic E-state index is 0.0518. The third kappa shape index (κ3) is 1.59. The fourth-order valence-electron chi connectivity index (χ4n) is 2.57. The van der Waals surface area contributed by atoms with Gasteiger partial charge in [-0.15, -0.1) is 0 Å². The Morgan fingerprint density at radius 2 is 2.07 bits per heavy atom. The number of epoxide rings is 1. The molecule has 0 N–H and O–H groups in total. The molecule has 0 radical (unpaired) electrons. The topological polar surface area (TPSA) is 21.8 Å². The Labute approximate surface area is 83.1 Å². The maximum absolute atomic E-state index is 13.0. The predicted molar refractivity (Wildman–Crippen MR) is 49.6 cm³/mol. The molecule has 2 fully saturated rings. The third-order valence-corrected chi connectivity index (χ3v) is 3.50. The van der Waals surface area contributed by atoms with E-state index in [9.17, 15) is 4.39 Å². The van der Waals surface area contributed by atoms with E-state index in [1.54, 1.807) is 6.08 Å². The summed E-state index contributed by atoms with van der Waals surface area (Å²) in [4.78, 5) is 0. The van der Waals surface area contributed by atoms with Gasteiger partial charge in [0.25, 0.3) is 0 Å². The van der Waals surface area contributed by atoms with Crippen molar-refractivity contribution in [2.45, 2.75) is 44.0 Å². The number of fused-ring (bicyclic) bond motifs is 1. The first kappa shape index (κ1) is 8.86. The van der Waals surface area contributed by atoms with E-state index < -0.39 is 0 Å². The summed E-state index contributed by atoms with van der Waals surface area (Å²) in [6, 6.07) is 0. The zero-order chi connectivity index (χ0) is 9.54. The number of halogens is 1. The van der Waals surface area contributed by atoms with Crippen LogP contribution in [0, 0.1) is 5.92 Å². The molecule has 0 amide bonds. The fourth-order valence-corrected chi connectivity index (χ4v) is 2.57. The van der Waals surface area contributed by atoms with E-state index in [0.29, 0.717) is 18.4 Å². The first-order valence-electron chi connectivity index (χ1n) is 5.44. The molecular weight excluding hydrogens is 183 g/mol. The Morgan fingerprint density at radius 3 is 2.86 bits per heavy atom. The van der Waals surface area contributed by atoms with Crippen LogP contribution >= 0.6 is 0 Å². The van der Waals surface area contributed by atoms with Crippen molar-refractivity contribution in [2.75, 3.05) is 6.61 Å². The summed E-state index contributed by atoms with van der Waals surface area (Å²) in [6.45, 7) is 0.853. The number of rotatable bonds is 1. The molecule has 4 atom stereocenters. The van der Waals surface area contributed by atoms with Crippen LogP contribution in [0.5, 0.6) is 0 Å². The second-order valence-corrected chi connectivity index (χ2v) is 4.51. The average Bonchev–Trinajstić information content (AvgIpc) is 3.00. The van der Waals surface area contributed by atoms with Crippen LogP contribution in [-0.4, -0.2) is 24.9 Å². The number of hydrogen-bond acceptors (Lipinski definition) is 2. The summed E-state index contributed by atoms with van der Waals surface area (Å²) in [5.41, 5.74) is 0. The maximum atomic E-state index is 13.0. The molecular formula is C11H15FO2. The number of hydrogen-bond donors (Lipinski definition) is 0. The molecule has 78 valence electrons. The summed E-state index contributed by atoms with van der Waals surface area (Å²) in [7, 11) is 0. The molecule has 0 aromatic carbocycles. The van der Waals surface area contributed by atoms with E-state index in [-0.39, 0.29) is 18.0 Å². The van der Waals surface area contributed by atoms with Gasteiger partial charge in [0.15, 0.2) is 0 Å². The molecule has 0 saturated carbocycles. The van der Waals surface area contributed by atoms with Crippen molar-refractivity contribution in [3.63, 3.8) is 0 Å². The summed E-state index contributed by atoms with van der Waals surface area (Å²) in [5.74, 6) is 0.464. The molecule has 2 heterocycles. The molecule has 3 unspecified atom stereocenters. The van der Waals surface area contributed by atoms with E-state index in [0.717, 1.165) is 25.9 Å². The first-order valence-corrected chi connectivity index (χ1v) is 5.44. The zero-order valence-corrected chi connectivity index (χ0v) is 8.12. The smallest absolute Gasteiger partial charge is 0.107 e. The van der Waals surface area contributed by atoms with Crippen molar-refractivity contribution < 1.29 is 13.9 Å². The molecule has 1 aliphatic carbocycles. The van der Waals surface area contributed by atoms with Gasteiger partial charge in [0.05, 0.1) is 24.6 Å². The van der Waals surface area contributed by atoms with Gasteiger partial charge in [-0.2, -0.15) is 0 Å². The highest BCUT2D eigenvalue weighted by molar-refractivity contribution is 5.04.